The van der Waals surface area contributed by atoms with E-state index in [1.54, 1.807) is 6.92 Å². The van der Waals surface area contributed by atoms with E-state index >= 15 is 0 Å². The van der Waals surface area contributed by atoms with E-state index in [2.05, 4.69) is 156 Å². The summed E-state index contributed by atoms with van der Waals surface area (Å²) in [7, 11) is 0. The summed E-state index contributed by atoms with van der Waals surface area (Å²) in [6, 6.07) is 0.599. The minimum absolute atomic E-state index is 0.199. The Labute approximate surface area is 216 Å². The van der Waals surface area contributed by atoms with Crippen molar-refractivity contribution >= 4 is 11.7 Å². The molecule has 1 rings (SSSR count). The molecule has 0 saturated carbocycles. The third kappa shape index (κ3) is 10.1. The van der Waals surface area contributed by atoms with Crippen molar-refractivity contribution in [2.45, 2.75) is 46.7 Å². The molecular formula is C32H24N3O+. The maximum absolute atomic E-state index is 12.0. The lowest BCUT2D eigenvalue weighted by Gasteiger charge is -2.42. The Bertz CT molecular complexity index is 1530. The molecule has 0 aromatic carbocycles. The van der Waals surface area contributed by atoms with Crippen molar-refractivity contribution in [3.05, 3.63) is 0 Å². The predicted molar refractivity (Wildman–Crippen MR) is 144 cm³/mol. The molecule has 0 saturated heterocycles. The number of hydrogen-bond acceptors (Lipinski definition) is 2. The van der Waals surface area contributed by atoms with Gasteiger partial charge in [0, 0.05) is 24.7 Å². The Hall–Kier alpha value is -5.30. The summed E-state index contributed by atoms with van der Waals surface area (Å²) in [5.74, 6) is 51.2. The van der Waals surface area contributed by atoms with Crippen LogP contribution in [0, 0.1) is 118 Å². The minimum Gasteiger partial charge on any atom is -0.339 e. The average Bonchev–Trinajstić information content (AvgIpc) is 3.17. The quantitative estimate of drug-likeness (QED) is 0.491. The zero-order chi connectivity index (χ0) is 26.5. The SMILES string of the molecule is CC#CC#CC#CC#CC#CC#CC#CC#CC#CC#CC(=O)NCC(C)[N+]1(CC)C(C)=NCC1C. The van der Waals surface area contributed by atoms with E-state index < -0.39 is 0 Å². The molecule has 172 valence electrons. The summed E-state index contributed by atoms with van der Waals surface area (Å²) in [5, 5.41) is 2.86. The topological polar surface area (TPSA) is 41.5 Å². The lowest BCUT2D eigenvalue weighted by molar-refractivity contribution is -0.879. The molecule has 0 spiro atoms. The van der Waals surface area contributed by atoms with Crippen molar-refractivity contribution in [1.29, 1.82) is 0 Å². The molecular weight excluding hydrogens is 442 g/mol. The summed E-state index contributed by atoms with van der Waals surface area (Å²) in [6.07, 6.45) is 0. The van der Waals surface area contributed by atoms with Crippen molar-refractivity contribution in [2.24, 2.45) is 4.99 Å². The second kappa shape index (κ2) is 17.2. The number of aliphatic imine (C=N–C) groups is 1. The van der Waals surface area contributed by atoms with Gasteiger partial charge in [0.1, 0.15) is 12.1 Å². The Balaban J connectivity index is 2.48. The predicted octanol–water partition coefficient (Wildman–Crippen LogP) is 1.20. The highest BCUT2D eigenvalue weighted by molar-refractivity contribution is 5.94. The normalized spacial score (nSPS) is 16.0. The Kier molecular flexibility index (Phi) is 13.7. The van der Waals surface area contributed by atoms with Gasteiger partial charge in [-0.05, 0) is 122 Å². The lowest BCUT2D eigenvalue weighted by Crippen LogP contribution is -2.62. The lowest BCUT2D eigenvalue weighted by atomic mass is 10.1. The van der Waals surface area contributed by atoms with E-state index in [9.17, 15) is 4.79 Å². The fraction of sp³-hybridized carbons (Fsp3) is 0.312. The zero-order valence-corrected chi connectivity index (χ0v) is 21.1. The summed E-state index contributed by atoms with van der Waals surface area (Å²) < 4.78 is 0.788. The number of nitrogens with zero attached hydrogens (tertiary/aromatic N) is 2. The van der Waals surface area contributed by atoms with Crippen LogP contribution in [-0.4, -0.2) is 47.9 Å². The molecule has 1 aliphatic rings. The van der Waals surface area contributed by atoms with Gasteiger partial charge in [0.15, 0.2) is 5.84 Å². The van der Waals surface area contributed by atoms with Gasteiger partial charge in [-0.3, -0.25) is 9.28 Å². The van der Waals surface area contributed by atoms with Crippen molar-refractivity contribution in [1.82, 2.24) is 5.32 Å². The van der Waals surface area contributed by atoms with E-state index in [0.29, 0.717) is 12.6 Å². The van der Waals surface area contributed by atoms with Gasteiger partial charge in [0.05, 0.1) is 19.6 Å². The smallest absolute Gasteiger partial charge is 0.297 e. The highest BCUT2D eigenvalue weighted by atomic mass is 16.1. The third-order valence-corrected chi connectivity index (χ3v) is 5.20. The monoisotopic (exact) mass is 466 g/mol. The Morgan fingerprint density at radius 2 is 1.28 bits per heavy atom. The molecule has 3 atom stereocenters. The minimum atomic E-state index is -0.372. The van der Waals surface area contributed by atoms with Gasteiger partial charge >= 0.3 is 0 Å². The van der Waals surface area contributed by atoms with Crippen LogP contribution in [0.25, 0.3) is 0 Å². The molecule has 0 aliphatic carbocycles. The van der Waals surface area contributed by atoms with Crippen LogP contribution in [0.3, 0.4) is 0 Å². The fourth-order valence-electron chi connectivity index (χ4n) is 3.56. The van der Waals surface area contributed by atoms with E-state index in [-0.39, 0.29) is 11.9 Å². The first-order chi connectivity index (χ1) is 17.5. The number of likely N-dealkylation sites (N-methyl/N-ethyl adjacent to an activating group) is 1. The van der Waals surface area contributed by atoms with Gasteiger partial charge in [0.25, 0.3) is 5.91 Å². The van der Waals surface area contributed by atoms with Crippen LogP contribution in [0.5, 0.6) is 0 Å². The molecule has 3 unspecified atom stereocenters. The van der Waals surface area contributed by atoms with E-state index in [4.69, 9.17) is 0 Å². The molecule has 0 aromatic rings. The van der Waals surface area contributed by atoms with E-state index in [0.717, 1.165) is 23.4 Å². The van der Waals surface area contributed by atoms with Crippen LogP contribution in [0.1, 0.15) is 34.6 Å². The molecule has 4 nitrogen and oxygen atoms in total. The number of carbonyl (C=O) groups excluding carboxylic acids is 1. The number of hydrogen-bond donors (Lipinski definition) is 1. The molecule has 4 heteroatoms. The average molecular weight is 467 g/mol. The number of carbonyl (C=O) groups is 1. The van der Waals surface area contributed by atoms with Crippen molar-refractivity contribution in [2.75, 3.05) is 19.6 Å². The van der Waals surface area contributed by atoms with Crippen molar-refractivity contribution in [3.63, 3.8) is 0 Å². The zero-order valence-electron chi connectivity index (χ0n) is 21.1. The molecule has 0 radical (unpaired) electrons. The van der Waals surface area contributed by atoms with Crippen LogP contribution in [0.15, 0.2) is 4.99 Å². The largest absolute Gasteiger partial charge is 0.339 e. The second-order valence-electron chi connectivity index (χ2n) is 7.17. The van der Waals surface area contributed by atoms with Gasteiger partial charge in [-0.1, -0.05) is 5.92 Å². The number of amides is 1. The van der Waals surface area contributed by atoms with Gasteiger partial charge in [-0.25, -0.2) is 4.99 Å². The summed E-state index contributed by atoms with van der Waals surface area (Å²) in [4.78, 5) is 16.6. The summed E-state index contributed by atoms with van der Waals surface area (Å²) in [6.45, 7) is 12.5. The van der Waals surface area contributed by atoms with Crippen molar-refractivity contribution in [3.8, 4) is 118 Å². The standard InChI is InChI=1S/C32H23N3O/c1-6-8-9-10-11-12-13-14-15-16-17-18-19-20-21-22-23-24-25-26-32(36)34-28-30(4)35(7-2)29(3)27-33-31(35)5/h29-30H,7,27-28H2,1-5H3/p+1. The maximum atomic E-state index is 12.0. The highest BCUT2D eigenvalue weighted by Crippen LogP contribution is 2.25. The number of amidine groups is 1. The van der Waals surface area contributed by atoms with Crippen LogP contribution in [0.4, 0.5) is 0 Å². The van der Waals surface area contributed by atoms with Gasteiger partial charge < -0.3 is 5.32 Å². The molecule has 1 N–H and O–H groups in total. The molecule has 1 aliphatic heterocycles. The first kappa shape index (κ1) is 28.7. The third-order valence-electron chi connectivity index (χ3n) is 5.20. The van der Waals surface area contributed by atoms with Gasteiger partial charge in [0.2, 0.25) is 0 Å². The summed E-state index contributed by atoms with van der Waals surface area (Å²) >= 11 is 0. The van der Waals surface area contributed by atoms with Crippen molar-refractivity contribution < 1.29 is 9.28 Å². The van der Waals surface area contributed by atoms with Crippen LogP contribution in [-0.2, 0) is 4.79 Å². The molecule has 0 bridgehead atoms. The van der Waals surface area contributed by atoms with Crippen LogP contribution in [0.2, 0.25) is 0 Å². The Morgan fingerprint density at radius 1 is 0.861 bits per heavy atom. The highest BCUT2D eigenvalue weighted by Gasteiger charge is 2.44. The Morgan fingerprint density at radius 3 is 1.64 bits per heavy atom. The fourth-order valence-corrected chi connectivity index (χ4v) is 3.56. The molecule has 1 heterocycles. The van der Waals surface area contributed by atoms with Crippen LogP contribution < -0.4 is 5.32 Å². The number of quaternary nitrogens is 1. The summed E-state index contributed by atoms with van der Waals surface area (Å²) in [5.41, 5.74) is 0. The number of nitrogens with one attached hydrogen (secondary N) is 1. The van der Waals surface area contributed by atoms with Gasteiger partial charge in [-0.15, -0.1) is 0 Å². The molecule has 0 aromatic heterocycles. The second-order valence-corrected chi connectivity index (χ2v) is 7.17. The van der Waals surface area contributed by atoms with E-state index in [1.165, 1.54) is 0 Å². The van der Waals surface area contributed by atoms with Crippen LogP contribution >= 0.6 is 0 Å². The molecule has 1 amide bonds. The first-order valence-electron chi connectivity index (χ1n) is 11.1. The van der Waals surface area contributed by atoms with Gasteiger partial charge in [-0.2, -0.15) is 0 Å². The number of rotatable bonds is 4. The molecule has 0 fully saturated rings. The molecule has 36 heavy (non-hydrogen) atoms. The first-order valence-corrected chi connectivity index (χ1v) is 11.1. The maximum Gasteiger partial charge on any atom is 0.297 e. The van der Waals surface area contributed by atoms with E-state index in [1.807, 2.05) is 0 Å².